The summed E-state index contributed by atoms with van der Waals surface area (Å²) in [7, 11) is 0. The minimum absolute atomic E-state index is 0.0252. The summed E-state index contributed by atoms with van der Waals surface area (Å²) in [4.78, 5) is 100. The molecule has 3 aromatic carbocycles. The molecule has 1 saturated heterocycles. The van der Waals surface area contributed by atoms with E-state index in [1.54, 1.807) is 0 Å². The summed E-state index contributed by atoms with van der Waals surface area (Å²) in [6, 6.07) is 19.3. The van der Waals surface area contributed by atoms with Gasteiger partial charge in [-0.2, -0.15) is 0 Å². The summed E-state index contributed by atoms with van der Waals surface area (Å²) in [5, 5.41) is 31.7. The summed E-state index contributed by atoms with van der Waals surface area (Å²) >= 11 is 16.8. The lowest BCUT2D eigenvalue weighted by Gasteiger charge is -2.28. The van der Waals surface area contributed by atoms with Crippen molar-refractivity contribution >= 4 is 82.3 Å². The fourth-order valence-corrected chi connectivity index (χ4v) is 9.97. The quantitative estimate of drug-likeness (QED) is 0.0174. The molecule has 0 aliphatic carbocycles. The Bertz CT molecular complexity index is 2530. The van der Waals surface area contributed by atoms with Crippen LogP contribution < -0.4 is 16.4 Å². The molecule has 101 heavy (non-hydrogen) atoms. The molecule has 0 radical (unpaired) electrons. The van der Waals surface area contributed by atoms with E-state index in [-0.39, 0.29) is 46.9 Å². The number of carbonyl (C=O) groups is 8. The van der Waals surface area contributed by atoms with E-state index >= 15 is 0 Å². The molecule has 3 aromatic rings. The van der Waals surface area contributed by atoms with E-state index in [0.717, 1.165) is 102 Å². The number of alkyl halides is 3. The predicted octanol–water partition coefficient (Wildman–Crippen LogP) is 12.5. The van der Waals surface area contributed by atoms with Crippen LogP contribution in [0.3, 0.4) is 0 Å². The molecule has 1 heterocycles. The van der Waals surface area contributed by atoms with Gasteiger partial charge < -0.3 is 64.9 Å². The Kier molecular flexibility index (Phi) is 62.5. The Morgan fingerprint density at radius 3 is 0.911 bits per heavy atom. The smallest absolute Gasteiger partial charge is 0.363 e. The van der Waals surface area contributed by atoms with Crippen molar-refractivity contribution in [3.05, 3.63) is 106 Å². The molecular formula is C74H121Cl3N6O18. The lowest BCUT2D eigenvalue weighted by molar-refractivity contribution is -0.172. The molecule has 0 spiro atoms. The second-order valence-corrected chi connectivity index (χ2v) is 25.1. The van der Waals surface area contributed by atoms with Crippen LogP contribution in [-0.2, 0) is 42.8 Å². The largest absolute Gasteiger partial charge is 0.478 e. The first-order valence-electron chi connectivity index (χ1n) is 35.4. The highest BCUT2D eigenvalue weighted by molar-refractivity contribution is 6.18. The van der Waals surface area contributed by atoms with Gasteiger partial charge in [-0.05, 0) is 180 Å². The number of unbranched alkanes of at least 4 members (excludes halogenated alkanes) is 9. The summed E-state index contributed by atoms with van der Waals surface area (Å²) < 4.78 is 32.2. The van der Waals surface area contributed by atoms with Crippen molar-refractivity contribution in [2.45, 2.75) is 183 Å². The SMILES string of the molecule is CCN(C(C)C)C(C)C.CCN(C(C)C)C(C)C.NCCOCCOCCCCCCCl.O=C(NCCOCCOCCCCCCCl)c1ccc(C(=O)ON2C(=O)CCC2=O)cc1.O=C(O)c1ccc(C(=O)NCCOCCOCCCCCCCl)cc1.O=C(O)c1ccc(C(=O)O)cc1. The maximum absolute atomic E-state index is 12.2. The van der Waals surface area contributed by atoms with Crippen molar-refractivity contribution in [2.75, 3.05) is 130 Å². The van der Waals surface area contributed by atoms with Crippen LogP contribution in [-0.4, -0.2) is 232 Å². The van der Waals surface area contributed by atoms with Crippen LogP contribution in [0.15, 0.2) is 72.8 Å². The van der Waals surface area contributed by atoms with Gasteiger partial charge in [0, 0.05) is 105 Å². The van der Waals surface area contributed by atoms with E-state index in [1.165, 1.54) is 85.6 Å². The van der Waals surface area contributed by atoms with E-state index < -0.39 is 35.7 Å². The molecule has 0 unspecified atom stereocenters. The monoisotopic (exact) mass is 1490 g/mol. The molecule has 27 heteroatoms. The van der Waals surface area contributed by atoms with Crippen molar-refractivity contribution in [2.24, 2.45) is 5.73 Å². The number of nitrogens with zero attached hydrogens (tertiary/aromatic N) is 3. The van der Waals surface area contributed by atoms with Crippen molar-refractivity contribution in [1.82, 2.24) is 25.5 Å². The highest BCUT2D eigenvalue weighted by Crippen LogP contribution is 2.16. The number of imide groups is 1. The first-order chi connectivity index (χ1) is 48.4. The third-order valence-corrected chi connectivity index (χ3v) is 15.5. The molecule has 1 aliphatic heterocycles. The number of benzene rings is 3. The molecule has 24 nitrogen and oxygen atoms in total. The van der Waals surface area contributed by atoms with E-state index in [4.69, 9.17) is 89.1 Å². The number of ether oxygens (including phenoxy) is 6. The Balaban J connectivity index is 0. The van der Waals surface area contributed by atoms with Crippen molar-refractivity contribution in [3.63, 3.8) is 0 Å². The summed E-state index contributed by atoms with van der Waals surface area (Å²) in [6.07, 6.45) is 13.3. The molecule has 0 aromatic heterocycles. The summed E-state index contributed by atoms with van der Waals surface area (Å²) in [6.45, 7) is 32.9. The van der Waals surface area contributed by atoms with Crippen LogP contribution >= 0.6 is 34.8 Å². The van der Waals surface area contributed by atoms with Gasteiger partial charge in [-0.3, -0.25) is 29.0 Å². The second-order valence-electron chi connectivity index (χ2n) is 23.9. The maximum atomic E-state index is 12.2. The van der Waals surface area contributed by atoms with Gasteiger partial charge in [0.25, 0.3) is 23.6 Å². The van der Waals surface area contributed by atoms with Crippen LogP contribution in [0.4, 0.5) is 0 Å². The fourth-order valence-electron chi connectivity index (χ4n) is 9.41. The molecule has 1 fully saturated rings. The number of hydrogen-bond acceptors (Lipinski definition) is 18. The number of hydrogen-bond donors (Lipinski definition) is 6. The van der Waals surface area contributed by atoms with Gasteiger partial charge in [0.2, 0.25) is 0 Å². The number of nitrogens with one attached hydrogen (secondary N) is 2. The van der Waals surface area contributed by atoms with Gasteiger partial charge in [-0.25, -0.2) is 19.2 Å². The average molecular weight is 1490 g/mol. The zero-order chi connectivity index (χ0) is 76.0. The first kappa shape index (κ1) is 97.2. The minimum Gasteiger partial charge on any atom is -0.478 e. The van der Waals surface area contributed by atoms with E-state index in [9.17, 15) is 38.4 Å². The van der Waals surface area contributed by atoms with Gasteiger partial charge in [-0.15, -0.1) is 39.9 Å². The number of halogens is 3. The Labute approximate surface area is 616 Å². The standard InChI is InChI=1S/C22H29ClN2O7.C18H26ClNO5.C10H22ClNO2.2C8H19N.C8H6O4/c23-11-3-1-2-4-13-30-15-16-31-14-12-24-21(28)17-5-7-18(8-6-17)22(29)32-25-19(26)9-10-20(25)27;19-9-3-1-2-4-11-24-13-14-25-12-10-20-17(21)15-5-7-16(8-6-15)18(22)23;11-5-3-1-2-4-7-13-9-10-14-8-6-12;2*1-6-9(7(2)3)8(4)5;9-7(10)5-1-2-6(4-3-5)8(11)12/h5-8H,1-4,9-16H2,(H,24,28);5-8H,1-4,9-14H2,(H,20,21)(H,22,23);1-10,12H2;2*7-8H,6H2,1-5H3;1-4H,(H,9,10)(H,11,12). The second kappa shape index (κ2) is 64.9. The number of aromatic carboxylic acids is 3. The molecule has 0 atom stereocenters. The van der Waals surface area contributed by atoms with Crippen LogP contribution in [0.25, 0.3) is 0 Å². The molecule has 4 amide bonds. The van der Waals surface area contributed by atoms with Crippen molar-refractivity contribution in [3.8, 4) is 0 Å². The predicted molar refractivity (Wildman–Crippen MR) is 398 cm³/mol. The van der Waals surface area contributed by atoms with Crippen LogP contribution in [0.5, 0.6) is 0 Å². The zero-order valence-electron chi connectivity index (χ0n) is 61.8. The van der Waals surface area contributed by atoms with Crippen LogP contribution in [0.2, 0.25) is 0 Å². The zero-order valence-corrected chi connectivity index (χ0v) is 64.1. The molecule has 4 rings (SSSR count). The van der Waals surface area contributed by atoms with Gasteiger partial charge >= 0.3 is 23.9 Å². The van der Waals surface area contributed by atoms with E-state index in [2.05, 4.69) is 89.7 Å². The average Bonchev–Trinajstić information content (AvgIpc) is 1.80. The fraction of sp³-hybridized carbons (Fsp3) is 0.649. The molecule has 0 bridgehead atoms. The first-order valence-corrected chi connectivity index (χ1v) is 37.0. The summed E-state index contributed by atoms with van der Waals surface area (Å²) in [5.41, 5.74) is 6.47. The minimum atomic E-state index is -1.06. The number of carbonyl (C=O) groups excluding carboxylic acids is 5. The van der Waals surface area contributed by atoms with Crippen molar-refractivity contribution < 1.29 is 86.9 Å². The van der Waals surface area contributed by atoms with Gasteiger partial charge in [-0.1, -0.05) is 52.4 Å². The molecule has 7 N–H and O–H groups in total. The van der Waals surface area contributed by atoms with Gasteiger partial charge in [0.15, 0.2) is 0 Å². The number of rotatable bonds is 48. The van der Waals surface area contributed by atoms with Crippen molar-refractivity contribution in [1.29, 1.82) is 0 Å². The number of carboxylic acids is 3. The van der Waals surface area contributed by atoms with Gasteiger partial charge in [0.1, 0.15) is 0 Å². The number of carboxylic acid groups (broad SMARTS) is 3. The van der Waals surface area contributed by atoms with Crippen LogP contribution in [0, 0.1) is 0 Å². The third-order valence-electron chi connectivity index (χ3n) is 14.7. The summed E-state index contributed by atoms with van der Waals surface area (Å²) in [5.74, 6) is -3.45. The van der Waals surface area contributed by atoms with E-state index in [1.807, 2.05) is 0 Å². The number of amides is 4. The lowest BCUT2D eigenvalue weighted by Crippen LogP contribution is -2.36. The van der Waals surface area contributed by atoms with E-state index in [0.29, 0.717) is 132 Å². The Hall–Kier alpha value is -5.87. The molecule has 576 valence electrons. The number of nitrogens with two attached hydrogens (primary N) is 1. The Morgan fingerprint density at radius 2 is 0.663 bits per heavy atom. The van der Waals surface area contributed by atoms with Gasteiger partial charge in [0.05, 0.1) is 81.7 Å². The number of hydroxylamine groups is 2. The third kappa shape index (κ3) is 51.9. The lowest BCUT2D eigenvalue weighted by atomic mass is 10.1. The highest BCUT2D eigenvalue weighted by Gasteiger charge is 2.33. The van der Waals surface area contributed by atoms with Crippen LogP contribution in [0.1, 0.15) is 221 Å². The molecule has 1 aliphatic rings. The molecule has 0 saturated carbocycles. The normalized spacial score (nSPS) is 11.6. The Morgan fingerprint density at radius 1 is 0.406 bits per heavy atom. The highest BCUT2D eigenvalue weighted by atomic mass is 35.5. The maximum Gasteiger partial charge on any atom is 0.363 e. The molecular weight excluding hydrogens is 1370 g/mol. The topological polar surface area (TPSA) is 322 Å².